The lowest BCUT2D eigenvalue weighted by molar-refractivity contribution is 0.553. The topological polar surface area (TPSA) is 71.4 Å². The van der Waals surface area contributed by atoms with Gasteiger partial charge in [0.25, 0.3) is 0 Å². The molecule has 3 aromatic heterocycles. The number of nitrogens with one attached hydrogen (secondary N) is 2. The molecule has 2 N–H and O–H groups in total. The summed E-state index contributed by atoms with van der Waals surface area (Å²) in [6.07, 6.45) is 7.35. The fourth-order valence-electron chi connectivity index (χ4n) is 2.54. The summed E-state index contributed by atoms with van der Waals surface area (Å²) in [6.45, 7) is 8.10. The number of aromatic amines is 1. The summed E-state index contributed by atoms with van der Waals surface area (Å²) >= 11 is 0. The molecule has 0 atom stereocenters. The van der Waals surface area contributed by atoms with Gasteiger partial charge in [-0.05, 0) is 23.8 Å². The van der Waals surface area contributed by atoms with E-state index in [1.807, 2.05) is 36.8 Å². The molecule has 0 spiro atoms. The van der Waals surface area contributed by atoms with E-state index in [1.54, 1.807) is 10.9 Å². The van der Waals surface area contributed by atoms with E-state index in [4.69, 9.17) is 0 Å². The summed E-state index contributed by atoms with van der Waals surface area (Å²) < 4.78 is 1.76. The van der Waals surface area contributed by atoms with Crippen LogP contribution < -0.4 is 5.32 Å². The monoisotopic (exact) mass is 346 g/mol. The molecule has 3 rings (SSSR count). The van der Waals surface area contributed by atoms with Gasteiger partial charge in [0, 0.05) is 48.4 Å². The first-order valence-corrected chi connectivity index (χ1v) is 7.72. The van der Waals surface area contributed by atoms with Crippen LogP contribution in [-0.4, -0.2) is 25.0 Å². The minimum absolute atomic E-state index is 0. The highest BCUT2D eigenvalue weighted by molar-refractivity contribution is 5.85. The van der Waals surface area contributed by atoms with Gasteiger partial charge in [0.1, 0.15) is 0 Å². The highest BCUT2D eigenvalue weighted by Crippen LogP contribution is 2.23. The Morgan fingerprint density at radius 3 is 2.75 bits per heavy atom. The molecule has 3 aromatic rings. The molecule has 0 unspecified atom stereocenters. The van der Waals surface area contributed by atoms with Gasteiger partial charge in [-0.25, -0.2) is 9.67 Å². The Balaban J connectivity index is 0.00000208. The molecular weight excluding hydrogens is 324 g/mol. The Bertz CT molecular complexity index is 757. The average molecular weight is 347 g/mol. The van der Waals surface area contributed by atoms with E-state index < -0.39 is 0 Å². The van der Waals surface area contributed by atoms with Gasteiger partial charge in [-0.3, -0.25) is 5.10 Å². The molecular formula is C17H23ClN6. The summed E-state index contributed by atoms with van der Waals surface area (Å²) in [5.41, 5.74) is 3.62. The molecule has 0 saturated carbocycles. The number of aromatic nitrogens is 5. The summed E-state index contributed by atoms with van der Waals surface area (Å²) in [5, 5.41) is 15.0. The number of hydrogen-bond donors (Lipinski definition) is 2. The maximum absolute atomic E-state index is 4.34. The van der Waals surface area contributed by atoms with E-state index in [2.05, 4.69) is 46.4 Å². The number of H-pyrrole nitrogens is 1. The van der Waals surface area contributed by atoms with Crippen molar-refractivity contribution in [3.8, 4) is 5.82 Å². The molecule has 0 bridgehead atoms. The lowest BCUT2D eigenvalue weighted by Crippen LogP contribution is -2.19. The molecule has 6 nitrogen and oxygen atoms in total. The maximum Gasteiger partial charge on any atom is 0.153 e. The van der Waals surface area contributed by atoms with Crippen molar-refractivity contribution in [2.75, 3.05) is 0 Å². The van der Waals surface area contributed by atoms with Gasteiger partial charge in [-0.2, -0.15) is 10.2 Å². The van der Waals surface area contributed by atoms with Crippen LogP contribution in [0.4, 0.5) is 0 Å². The molecule has 0 aliphatic heterocycles. The van der Waals surface area contributed by atoms with E-state index in [9.17, 15) is 0 Å². The normalized spacial score (nSPS) is 11.3. The molecule has 0 saturated heterocycles. The van der Waals surface area contributed by atoms with Gasteiger partial charge in [0.2, 0.25) is 0 Å². The van der Waals surface area contributed by atoms with E-state index in [0.717, 1.165) is 18.9 Å². The van der Waals surface area contributed by atoms with Crippen molar-refractivity contribution in [2.24, 2.45) is 0 Å². The zero-order valence-corrected chi connectivity index (χ0v) is 15.0. The maximum atomic E-state index is 4.34. The standard InChI is InChI=1S/C17H22N6.ClH/c1-17(2,3)16-14(12-20-22-16)11-18-10-13-5-7-19-15(9-13)23-8-4-6-21-23;/h4-9,12,18H,10-11H2,1-3H3,(H,20,22);1H. The van der Waals surface area contributed by atoms with Crippen LogP contribution in [-0.2, 0) is 18.5 Å². The first-order valence-electron chi connectivity index (χ1n) is 7.72. The van der Waals surface area contributed by atoms with Crippen molar-refractivity contribution in [1.82, 2.24) is 30.3 Å². The smallest absolute Gasteiger partial charge is 0.153 e. The quantitative estimate of drug-likeness (QED) is 0.745. The summed E-state index contributed by atoms with van der Waals surface area (Å²) in [4.78, 5) is 4.34. The Morgan fingerprint density at radius 2 is 2.04 bits per heavy atom. The van der Waals surface area contributed by atoms with Crippen LogP contribution in [0.3, 0.4) is 0 Å². The second kappa shape index (κ2) is 7.59. The Hall–Kier alpha value is -2.18. The number of rotatable bonds is 5. The van der Waals surface area contributed by atoms with E-state index >= 15 is 0 Å². The Morgan fingerprint density at radius 1 is 1.21 bits per heavy atom. The van der Waals surface area contributed by atoms with Crippen molar-refractivity contribution < 1.29 is 0 Å². The van der Waals surface area contributed by atoms with Gasteiger partial charge in [0.15, 0.2) is 5.82 Å². The highest BCUT2D eigenvalue weighted by atomic mass is 35.5. The predicted octanol–water partition coefficient (Wildman–Crippen LogP) is 3.00. The van der Waals surface area contributed by atoms with E-state index in [1.165, 1.54) is 16.8 Å². The number of pyridine rings is 1. The molecule has 0 aromatic carbocycles. The zero-order valence-electron chi connectivity index (χ0n) is 14.2. The second-order valence-corrected chi connectivity index (χ2v) is 6.60. The van der Waals surface area contributed by atoms with Crippen LogP contribution in [0.2, 0.25) is 0 Å². The van der Waals surface area contributed by atoms with E-state index in [0.29, 0.717) is 0 Å². The summed E-state index contributed by atoms with van der Waals surface area (Å²) in [7, 11) is 0. The van der Waals surface area contributed by atoms with Crippen LogP contribution in [0, 0.1) is 0 Å². The van der Waals surface area contributed by atoms with Crippen molar-refractivity contribution in [1.29, 1.82) is 0 Å². The molecule has 7 heteroatoms. The predicted molar refractivity (Wildman–Crippen MR) is 96.4 cm³/mol. The van der Waals surface area contributed by atoms with Gasteiger partial charge >= 0.3 is 0 Å². The number of hydrogen-bond acceptors (Lipinski definition) is 4. The fraction of sp³-hybridized carbons (Fsp3) is 0.353. The minimum atomic E-state index is 0. The molecule has 3 heterocycles. The van der Waals surface area contributed by atoms with Crippen molar-refractivity contribution in [2.45, 2.75) is 39.3 Å². The van der Waals surface area contributed by atoms with Gasteiger partial charge < -0.3 is 5.32 Å². The third-order valence-electron chi connectivity index (χ3n) is 3.66. The first kappa shape index (κ1) is 18.2. The number of nitrogens with zero attached hydrogens (tertiary/aromatic N) is 4. The Labute approximate surface area is 148 Å². The largest absolute Gasteiger partial charge is 0.308 e. The number of halogens is 1. The fourth-order valence-corrected chi connectivity index (χ4v) is 2.54. The third-order valence-corrected chi connectivity index (χ3v) is 3.66. The van der Waals surface area contributed by atoms with Crippen LogP contribution in [0.15, 0.2) is 43.0 Å². The summed E-state index contributed by atoms with van der Waals surface area (Å²) in [6, 6.07) is 5.94. The minimum Gasteiger partial charge on any atom is -0.308 e. The lowest BCUT2D eigenvalue weighted by atomic mass is 9.89. The highest BCUT2D eigenvalue weighted by Gasteiger charge is 2.19. The average Bonchev–Trinajstić information content (AvgIpc) is 3.18. The van der Waals surface area contributed by atoms with E-state index in [-0.39, 0.29) is 17.8 Å². The van der Waals surface area contributed by atoms with Gasteiger partial charge in [-0.1, -0.05) is 20.8 Å². The molecule has 24 heavy (non-hydrogen) atoms. The van der Waals surface area contributed by atoms with Crippen molar-refractivity contribution in [3.05, 3.63) is 59.8 Å². The first-order chi connectivity index (χ1) is 11.0. The van der Waals surface area contributed by atoms with Crippen LogP contribution in [0.25, 0.3) is 5.82 Å². The zero-order chi connectivity index (χ0) is 16.3. The van der Waals surface area contributed by atoms with Gasteiger partial charge in [-0.15, -0.1) is 12.4 Å². The molecule has 0 aliphatic rings. The van der Waals surface area contributed by atoms with Gasteiger partial charge in [0.05, 0.1) is 6.20 Å². The molecule has 0 radical (unpaired) electrons. The van der Waals surface area contributed by atoms with Crippen molar-refractivity contribution in [3.63, 3.8) is 0 Å². The summed E-state index contributed by atoms with van der Waals surface area (Å²) in [5.74, 6) is 0.827. The molecule has 0 aliphatic carbocycles. The molecule has 0 fully saturated rings. The van der Waals surface area contributed by atoms with Crippen molar-refractivity contribution >= 4 is 12.4 Å². The molecule has 128 valence electrons. The van der Waals surface area contributed by atoms with Crippen LogP contribution in [0.1, 0.15) is 37.6 Å². The molecule has 0 amide bonds. The Kier molecular flexibility index (Phi) is 5.75. The van der Waals surface area contributed by atoms with Crippen LogP contribution in [0.5, 0.6) is 0 Å². The SMILES string of the molecule is CC(C)(C)c1[nH]ncc1CNCc1ccnc(-n2cccn2)c1.Cl. The third kappa shape index (κ3) is 4.21. The second-order valence-electron chi connectivity index (χ2n) is 6.60. The van der Waals surface area contributed by atoms with Crippen LogP contribution >= 0.6 is 12.4 Å². The lowest BCUT2D eigenvalue weighted by Gasteiger charge is -2.18.